The molecule has 0 bridgehead atoms. The summed E-state index contributed by atoms with van der Waals surface area (Å²) >= 11 is 0. The Balaban J connectivity index is 0.00000113. The van der Waals surface area contributed by atoms with Gasteiger partial charge in [-0.2, -0.15) is 22.9 Å². The van der Waals surface area contributed by atoms with Crippen molar-refractivity contribution in [2.45, 2.75) is 25.9 Å². The van der Waals surface area contributed by atoms with E-state index in [0.717, 1.165) is 0 Å². The Labute approximate surface area is 188 Å². The van der Waals surface area contributed by atoms with E-state index >= 15 is 0 Å². The van der Waals surface area contributed by atoms with Crippen molar-refractivity contribution in [3.63, 3.8) is 0 Å². The monoisotopic (exact) mass is 474 g/mol. The van der Waals surface area contributed by atoms with Gasteiger partial charge in [0.25, 0.3) is 0 Å². The van der Waals surface area contributed by atoms with Gasteiger partial charge in [0.2, 0.25) is 0 Å². The molecule has 132 valence electrons. The van der Waals surface area contributed by atoms with Crippen molar-refractivity contribution < 1.29 is 51.0 Å². The molecule has 0 nitrogen and oxygen atoms in total. The third-order valence-corrected chi connectivity index (χ3v) is 10.8. The minimum absolute atomic E-state index is 0. The number of hydrogen-bond donors (Lipinski definition) is 0. The molecule has 0 aromatic heterocycles. The molecule has 0 aliphatic heterocycles. The summed E-state index contributed by atoms with van der Waals surface area (Å²) in [5.41, 5.74) is 0. The Morgan fingerprint density at radius 1 is 0.692 bits per heavy atom. The van der Waals surface area contributed by atoms with Crippen LogP contribution in [0.2, 0.25) is 12.1 Å². The van der Waals surface area contributed by atoms with Gasteiger partial charge in [0.15, 0.2) is 0 Å². The summed E-state index contributed by atoms with van der Waals surface area (Å²) < 4.78 is 0. The molecule has 4 aromatic carbocycles. The number of hydrogen-bond acceptors (Lipinski definition) is 0. The molecule has 26 heavy (non-hydrogen) atoms. The van der Waals surface area contributed by atoms with Crippen LogP contribution in [0.5, 0.6) is 0 Å². The van der Waals surface area contributed by atoms with Gasteiger partial charge in [-0.1, -0.05) is 38.1 Å². The molecule has 0 fully saturated rings. The van der Waals surface area contributed by atoms with Gasteiger partial charge < -0.3 is 24.8 Å². The van der Waals surface area contributed by atoms with Crippen molar-refractivity contribution in [1.82, 2.24) is 0 Å². The largest absolute Gasteiger partial charge is 4.00 e. The summed E-state index contributed by atoms with van der Waals surface area (Å²) in [4.78, 5) is 0. The molecule has 0 atom stereocenters. The molecular formula is C22H22Cl2SiZr. The van der Waals surface area contributed by atoms with Crippen LogP contribution in [0.25, 0.3) is 21.5 Å². The molecule has 0 amide bonds. The molecule has 0 spiro atoms. The van der Waals surface area contributed by atoms with Crippen molar-refractivity contribution in [2.24, 2.45) is 0 Å². The first kappa shape index (κ1) is 23.4. The average molecular weight is 477 g/mol. The smallest absolute Gasteiger partial charge is 1.00 e. The molecule has 4 rings (SSSR count). The van der Waals surface area contributed by atoms with E-state index in [2.05, 4.69) is 86.6 Å². The summed E-state index contributed by atoms with van der Waals surface area (Å²) in [5.74, 6) is 0. The first-order chi connectivity index (χ1) is 11.3. The van der Waals surface area contributed by atoms with E-state index in [0.29, 0.717) is 0 Å². The van der Waals surface area contributed by atoms with Crippen LogP contribution in [0.15, 0.2) is 72.8 Å². The minimum atomic E-state index is -1.66. The molecule has 0 heterocycles. The number of rotatable bonds is 4. The van der Waals surface area contributed by atoms with Crippen LogP contribution in [-0.4, -0.2) is 8.07 Å². The maximum Gasteiger partial charge on any atom is 4.00 e. The van der Waals surface area contributed by atoms with Crippen molar-refractivity contribution in [3.05, 3.63) is 72.8 Å². The van der Waals surface area contributed by atoms with E-state index in [4.69, 9.17) is 0 Å². The zero-order valence-corrected chi connectivity index (χ0v) is 20.1. The molecular weight excluding hydrogens is 454 g/mol. The fraction of sp³-hybridized carbons (Fsp3) is 0.182. The maximum absolute atomic E-state index is 2.45. The Bertz CT molecular complexity index is 824. The van der Waals surface area contributed by atoms with E-state index in [1.54, 1.807) is 10.4 Å². The fourth-order valence-electron chi connectivity index (χ4n) is 4.09. The van der Waals surface area contributed by atoms with Gasteiger partial charge >= 0.3 is 26.2 Å². The van der Waals surface area contributed by atoms with Gasteiger partial charge in [0.05, 0.1) is 8.07 Å². The van der Waals surface area contributed by atoms with Crippen molar-refractivity contribution >= 4 is 40.0 Å². The van der Waals surface area contributed by atoms with Crippen LogP contribution in [0.1, 0.15) is 13.8 Å². The Kier molecular flexibility index (Phi) is 8.55. The first-order valence-electron chi connectivity index (χ1n) is 8.59. The molecule has 0 unspecified atom stereocenters. The SMILES string of the molecule is CC[Si](CC)(c1cc2ccccc2[cH-]1)c1cc2ccccc2[cH-]1.[Cl-].[Cl-].[Zr+4]. The van der Waals surface area contributed by atoms with Crippen LogP contribution in [-0.2, 0) is 26.2 Å². The number of fused-ring (bicyclic) bond motifs is 2. The van der Waals surface area contributed by atoms with Crippen LogP contribution in [0.3, 0.4) is 0 Å². The molecule has 0 saturated heterocycles. The van der Waals surface area contributed by atoms with Crippen LogP contribution >= 0.6 is 0 Å². The predicted octanol–water partition coefficient (Wildman–Crippen LogP) is -0.961. The van der Waals surface area contributed by atoms with E-state index in [-0.39, 0.29) is 51.0 Å². The average Bonchev–Trinajstić information content (AvgIpc) is 3.21. The summed E-state index contributed by atoms with van der Waals surface area (Å²) in [6, 6.07) is 29.9. The number of benzene rings is 2. The van der Waals surface area contributed by atoms with Crippen LogP contribution < -0.4 is 35.2 Å². The summed E-state index contributed by atoms with van der Waals surface area (Å²) in [6.45, 7) is 4.76. The second-order valence-corrected chi connectivity index (χ2v) is 11.3. The first-order valence-corrected chi connectivity index (χ1v) is 11.0. The standard InChI is InChI=1S/C22H22Si.2ClH.Zr/c1-3-23(4-2,21-13-17-9-5-6-10-18(17)14-21)22-15-19-11-7-8-12-20(19)16-22;;;/h5-16H,3-4H2,1-2H3;2*1H;/q-2;;;+4/p-2. The van der Waals surface area contributed by atoms with Gasteiger partial charge in [-0.15, -0.1) is 69.7 Å². The molecule has 0 aliphatic rings. The van der Waals surface area contributed by atoms with E-state index in [9.17, 15) is 0 Å². The fourth-order valence-corrected chi connectivity index (χ4v) is 8.28. The predicted molar refractivity (Wildman–Crippen MR) is 105 cm³/mol. The Hall–Kier alpha value is -0.660. The number of halogens is 2. The van der Waals surface area contributed by atoms with E-state index in [1.807, 2.05) is 0 Å². The normalized spacial score (nSPS) is 10.8. The zero-order valence-electron chi connectivity index (χ0n) is 15.1. The van der Waals surface area contributed by atoms with Crippen LogP contribution in [0, 0.1) is 0 Å². The minimum Gasteiger partial charge on any atom is -1.00 e. The van der Waals surface area contributed by atoms with Crippen LogP contribution in [0.4, 0.5) is 0 Å². The quantitative estimate of drug-likeness (QED) is 0.263. The Morgan fingerprint density at radius 2 is 1.08 bits per heavy atom. The molecule has 0 aliphatic carbocycles. The third-order valence-electron chi connectivity index (χ3n) is 5.55. The second kappa shape index (κ2) is 9.51. The van der Waals surface area contributed by atoms with Crippen molar-refractivity contribution in [3.8, 4) is 0 Å². The van der Waals surface area contributed by atoms with Gasteiger partial charge in [-0.05, 0) is 0 Å². The summed E-state index contributed by atoms with van der Waals surface area (Å²) in [6.07, 6.45) is 0. The molecule has 4 heteroatoms. The van der Waals surface area contributed by atoms with Crippen molar-refractivity contribution in [1.29, 1.82) is 0 Å². The van der Waals surface area contributed by atoms with E-state index in [1.165, 1.54) is 33.6 Å². The molecule has 0 radical (unpaired) electrons. The summed E-state index contributed by atoms with van der Waals surface area (Å²) in [5, 5.41) is 8.74. The van der Waals surface area contributed by atoms with Gasteiger partial charge in [-0.25, -0.2) is 0 Å². The van der Waals surface area contributed by atoms with Gasteiger partial charge in [-0.3, -0.25) is 0 Å². The maximum atomic E-state index is 2.45. The van der Waals surface area contributed by atoms with Crippen molar-refractivity contribution in [2.75, 3.05) is 0 Å². The summed E-state index contributed by atoms with van der Waals surface area (Å²) in [7, 11) is -1.66. The topological polar surface area (TPSA) is 0 Å². The van der Waals surface area contributed by atoms with Gasteiger partial charge in [0.1, 0.15) is 0 Å². The Morgan fingerprint density at radius 3 is 1.42 bits per heavy atom. The van der Waals surface area contributed by atoms with Gasteiger partial charge in [0, 0.05) is 0 Å². The molecule has 4 aromatic rings. The molecule has 0 N–H and O–H groups in total. The molecule has 0 saturated carbocycles. The third kappa shape index (κ3) is 3.80. The zero-order chi connectivity index (χ0) is 15.9. The van der Waals surface area contributed by atoms with E-state index < -0.39 is 8.07 Å². The second-order valence-electron chi connectivity index (χ2n) is 6.54.